The molecule has 2 atom stereocenters. The van der Waals surface area contributed by atoms with E-state index < -0.39 is 11.9 Å². The number of amides is 3. The summed E-state index contributed by atoms with van der Waals surface area (Å²) in [6.45, 7) is 4.98. The van der Waals surface area contributed by atoms with Crippen LogP contribution in [0.5, 0.6) is 5.75 Å². The molecular weight excluding hydrogens is 551 g/mol. The van der Waals surface area contributed by atoms with Crippen LogP contribution in [0.15, 0.2) is 60.3 Å². The first-order valence-corrected chi connectivity index (χ1v) is 14.1. The molecule has 226 valence electrons. The number of nitrogens with one attached hydrogen (secondary N) is 2. The minimum atomic E-state index is -0.632. The van der Waals surface area contributed by atoms with Crippen LogP contribution in [-0.4, -0.2) is 80.0 Å². The average Bonchev–Trinajstić information content (AvgIpc) is 3.40. The van der Waals surface area contributed by atoms with Crippen molar-refractivity contribution in [2.75, 3.05) is 46.3 Å². The minimum Gasteiger partial charge on any atom is -0.496 e. The van der Waals surface area contributed by atoms with E-state index in [4.69, 9.17) is 9.47 Å². The van der Waals surface area contributed by atoms with E-state index in [9.17, 15) is 14.7 Å². The Hall–Kier alpha value is -4.25. The quantitative estimate of drug-likeness (QED) is 0.359. The molecule has 2 aliphatic heterocycles. The summed E-state index contributed by atoms with van der Waals surface area (Å²) in [5.41, 5.74) is 6.78. The Morgan fingerprint density at radius 1 is 1.07 bits per heavy atom. The molecule has 9 nitrogen and oxygen atoms in total. The third-order valence-electron chi connectivity index (χ3n) is 8.16. The lowest BCUT2D eigenvalue weighted by molar-refractivity contribution is -0.113. The number of likely N-dealkylation sites (N-methyl/N-ethyl adjacent to an activating group) is 1. The van der Waals surface area contributed by atoms with Crippen LogP contribution >= 0.6 is 0 Å². The molecule has 10 heteroatoms. The number of benzene rings is 3. The number of hydrogen-bond donors (Lipinski definition) is 3. The third-order valence-corrected chi connectivity index (χ3v) is 8.16. The molecule has 2 aliphatic rings. The molecule has 1 saturated heterocycles. The molecule has 0 unspecified atom stereocenters. The number of methoxy groups -OCH3 is 1. The number of aliphatic hydroxyl groups is 1. The molecule has 1 fully saturated rings. The summed E-state index contributed by atoms with van der Waals surface area (Å²) in [6.07, 6.45) is 0.929. The highest BCUT2D eigenvalue weighted by Gasteiger charge is 2.27. The van der Waals surface area contributed by atoms with Crippen LogP contribution in [0.4, 0.5) is 14.9 Å². The number of hydrogen-bond acceptors (Lipinski definition) is 6. The monoisotopic (exact) mass is 588 g/mol. The molecule has 0 bridgehead atoms. The molecule has 5 rings (SSSR count). The average molecular weight is 589 g/mol. The van der Waals surface area contributed by atoms with Gasteiger partial charge in [0.05, 0.1) is 44.6 Å². The molecule has 3 N–H and O–H groups in total. The van der Waals surface area contributed by atoms with Crippen LogP contribution in [0.3, 0.4) is 0 Å². The van der Waals surface area contributed by atoms with Gasteiger partial charge in [0, 0.05) is 38.1 Å². The lowest BCUT2D eigenvalue weighted by Crippen LogP contribution is -2.43. The summed E-state index contributed by atoms with van der Waals surface area (Å²) in [4.78, 5) is 28.1. The largest absolute Gasteiger partial charge is 0.496 e. The number of rotatable bonds is 8. The lowest BCUT2D eigenvalue weighted by Gasteiger charge is -2.29. The molecule has 2 heterocycles. The number of halogens is 1. The number of nitrogens with zero attached hydrogens (tertiary/aromatic N) is 2. The standard InChI is InChI=1S/C33H37FN4O5/c1-19-23(21-12-27(34)26(31(13-21)42-5)14-35-29-17-43-18-30(29)39)8-6-9-24(19)25-10-7-11-28(20(25)2)36-32(40)22-15-37(3)33(41)38(4)16-22/h6-13,15,29-30,35,39H,14,16-18H2,1-5H3,(H,36,40)/t29-,30-/m0/s1. The SMILES string of the molecule is COc1cc(-c2cccc(-c3cccc(NC(=O)C4=CN(C)C(=O)N(C)C4)c3C)c2C)cc(F)c1CN[C@H]1COC[C@@H]1O. The van der Waals surface area contributed by atoms with Gasteiger partial charge in [-0.3, -0.25) is 4.79 Å². The Bertz CT molecular complexity index is 1590. The van der Waals surface area contributed by atoms with E-state index in [1.165, 1.54) is 23.0 Å². The maximum atomic E-state index is 15.5. The van der Waals surface area contributed by atoms with Crippen molar-refractivity contribution in [1.29, 1.82) is 0 Å². The molecule has 0 saturated carbocycles. The zero-order valence-electron chi connectivity index (χ0n) is 25.0. The van der Waals surface area contributed by atoms with Gasteiger partial charge in [-0.05, 0) is 65.4 Å². The number of anilines is 1. The van der Waals surface area contributed by atoms with Crippen molar-refractivity contribution in [3.8, 4) is 28.0 Å². The van der Waals surface area contributed by atoms with Crippen LogP contribution in [0, 0.1) is 19.7 Å². The lowest BCUT2D eigenvalue weighted by atomic mass is 9.90. The fraction of sp³-hybridized carbons (Fsp3) is 0.333. The van der Waals surface area contributed by atoms with Gasteiger partial charge < -0.3 is 35.0 Å². The number of ether oxygens (including phenoxy) is 2. The van der Waals surface area contributed by atoms with Gasteiger partial charge in [-0.1, -0.05) is 30.3 Å². The molecule has 43 heavy (non-hydrogen) atoms. The summed E-state index contributed by atoms with van der Waals surface area (Å²) in [6, 6.07) is 14.5. The molecule has 0 radical (unpaired) electrons. The van der Waals surface area contributed by atoms with Crippen LogP contribution in [0.2, 0.25) is 0 Å². The van der Waals surface area contributed by atoms with E-state index in [0.717, 1.165) is 27.8 Å². The van der Waals surface area contributed by atoms with Crippen LogP contribution in [0.25, 0.3) is 22.3 Å². The molecule has 3 amide bonds. The molecule has 3 aromatic carbocycles. The zero-order valence-corrected chi connectivity index (χ0v) is 25.0. The van der Waals surface area contributed by atoms with Gasteiger partial charge in [0.15, 0.2) is 0 Å². The van der Waals surface area contributed by atoms with Crippen molar-refractivity contribution >= 4 is 17.6 Å². The van der Waals surface area contributed by atoms with E-state index in [1.807, 2.05) is 56.3 Å². The fourth-order valence-electron chi connectivity index (χ4n) is 5.65. The first kappa shape index (κ1) is 30.2. The second-order valence-electron chi connectivity index (χ2n) is 11.0. The van der Waals surface area contributed by atoms with Crippen molar-refractivity contribution in [3.63, 3.8) is 0 Å². The van der Waals surface area contributed by atoms with Gasteiger partial charge in [0.2, 0.25) is 0 Å². The number of aliphatic hydroxyl groups excluding tert-OH is 1. The summed E-state index contributed by atoms with van der Waals surface area (Å²) < 4.78 is 26.4. The highest BCUT2D eigenvalue weighted by molar-refractivity contribution is 6.06. The third kappa shape index (κ3) is 6.13. The Balaban J connectivity index is 1.42. The van der Waals surface area contributed by atoms with E-state index in [0.29, 0.717) is 34.7 Å². The predicted molar refractivity (Wildman–Crippen MR) is 163 cm³/mol. The Labute approximate surface area is 250 Å². The number of carbonyl (C=O) groups excluding carboxylic acids is 2. The minimum absolute atomic E-state index is 0.173. The fourth-order valence-corrected chi connectivity index (χ4v) is 5.65. The normalized spacial score (nSPS) is 18.6. The first-order chi connectivity index (χ1) is 20.6. The maximum absolute atomic E-state index is 15.5. The molecule has 0 aliphatic carbocycles. The van der Waals surface area contributed by atoms with Crippen molar-refractivity contribution < 1.29 is 28.6 Å². The van der Waals surface area contributed by atoms with E-state index >= 15 is 4.39 Å². The smallest absolute Gasteiger partial charge is 0.323 e. The second kappa shape index (κ2) is 12.5. The summed E-state index contributed by atoms with van der Waals surface area (Å²) in [5, 5.41) is 16.2. The van der Waals surface area contributed by atoms with E-state index in [2.05, 4.69) is 10.6 Å². The van der Waals surface area contributed by atoms with Crippen LogP contribution in [-0.2, 0) is 16.1 Å². The molecule has 0 aromatic heterocycles. The maximum Gasteiger partial charge on any atom is 0.323 e. The van der Waals surface area contributed by atoms with E-state index in [-0.39, 0.29) is 37.7 Å². The van der Waals surface area contributed by atoms with E-state index in [1.54, 1.807) is 20.3 Å². The topological polar surface area (TPSA) is 103 Å². The molecule has 0 spiro atoms. The predicted octanol–water partition coefficient (Wildman–Crippen LogP) is 4.45. The van der Waals surface area contributed by atoms with Crippen molar-refractivity contribution in [1.82, 2.24) is 15.1 Å². The van der Waals surface area contributed by atoms with Gasteiger partial charge in [-0.25, -0.2) is 9.18 Å². The van der Waals surface area contributed by atoms with Crippen LogP contribution in [0.1, 0.15) is 16.7 Å². The van der Waals surface area contributed by atoms with Gasteiger partial charge in [-0.2, -0.15) is 0 Å². The summed E-state index contributed by atoms with van der Waals surface area (Å²) in [7, 11) is 4.79. The Morgan fingerprint density at radius 2 is 1.77 bits per heavy atom. The zero-order chi connectivity index (χ0) is 30.8. The van der Waals surface area contributed by atoms with Crippen molar-refractivity contribution in [2.24, 2.45) is 0 Å². The number of carbonyl (C=O) groups is 2. The highest BCUT2D eigenvalue weighted by atomic mass is 19.1. The Kier molecular flexibility index (Phi) is 8.82. The van der Waals surface area contributed by atoms with Gasteiger partial charge in [0.1, 0.15) is 11.6 Å². The molecule has 3 aromatic rings. The van der Waals surface area contributed by atoms with Gasteiger partial charge in [-0.15, -0.1) is 0 Å². The van der Waals surface area contributed by atoms with Gasteiger partial charge >= 0.3 is 6.03 Å². The summed E-state index contributed by atoms with van der Waals surface area (Å²) in [5.74, 6) is -0.267. The van der Waals surface area contributed by atoms with Crippen molar-refractivity contribution in [2.45, 2.75) is 32.5 Å². The second-order valence-corrected chi connectivity index (χ2v) is 11.0. The van der Waals surface area contributed by atoms with Gasteiger partial charge in [0.25, 0.3) is 5.91 Å². The Morgan fingerprint density at radius 3 is 2.44 bits per heavy atom. The highest BCUT2D eigenvalue weighted by Crippen LogP contribution is 2.38. The first-order valence-electron chi connectivity index (χ1n) is 14.1. The van der Waals surface area contributed by atoms with Crippen LogP contribution < -0.4 is 15.4 Å². The summed E-state index contributed by atoms with van der Waals surface area (Å²) >= 11 is 0. The van der Waals surface area contributed by atoms with Crippen molar-refractivity contribution in [3.05, 3.63) is 82.8 Å². The molecular formula is C33H37FN4O5. The number of urea groups is 1.